The molecule has 3 aliphatic carbocycles. The minimum Gasteiger partial charge on any atom is -0.507 e. The SMILES string of the molecule is CC1O[C@@H](c2ccc3c(c2O)C(=O)C2C=C[C@]4(O)C[C@@](C)(O)CC(=O)[C@]4(O)C2C3=O)C[C@@H](O)C1O. The first-order chi connectivity index (χ1) is 16.2. The molecule has 1 saturated heterocycles. The molecule has 0 bridgehead atoms. The Morgan fingerprint density at radius 1 is 1.06 bits per heavy atom. The Morgan fingerprint density at radius 2 is 1.74 bits per heavy atom. The molecule has 0 spiro atoms. The molecule has 0 amide bonds. The monoisotopic (exact) mass is 488 g/mol. The second-order valence-corrected chi connectivity index (χ2v) is 10.6. The molecule has 4 unspecified atom stereocenters. The molecule has 4 aliphatic rings. The number of benzene rings is 1. The number of carbonyl (C=O) groups excluding carboxylic acids is 3. The van der Waals surface area contributed by atoms with Crippen LogP contribution in [0.15, 0.2) is 24.3 Å². The third-order valence-electron chi connectivity index (χ3n) is 8.03. The first kappa shape index (κ1) is 24.2. The van der Waals surface area contributed by atoms with E-state index in [1.807, 2.05) is 0 Å². The predicted octanol–water partition coefficient (Wildman–Crippen LogP) is -0.279. The van der Waals surface area contributed by atoms with Gasteiger partial charge in [0.25, 0.3) is 0 Å². The van der Waals surface area contributed by atoms with Gasteiger partial charge in [0.2, 0.25) is 0 Å². The zero-order chi connectivity index (χ0) is 25.7. The smallest absolute Gasteiger partial charge is 0.175 e. The highest BCUT2D eigenvalue weighted by molar-refractivity contribution is 6.20. The fourth-order valence-corrected chi connectivity index (χ4v) is 6.28. The van der Waals surface area contributed by atoms with Crippen LogP contribution in [0, 0.1) is 11.8 Å². The van der Waals surface area contributed by atoms with Crippen molar-refractivity contribution in [3.63, 3.8) is 0 Å². The average Bonchev–Trinajstić information content (AvgIpc) is 2.75. The number of fused-ring (bicyclic) bond motifs is 4. The van der Waals surface area contributed by atoms with Crippen molar-refractivity contribution in [1.29, 1.82) is 0 Å². The van der Waals surface area contributed by atoms with E-state index in [-0.39, 0.29) is 23.1 Å². The molecule has 35 heavy (non-hydrogen) atoms. The maximum Gasteiger partial charge on any atom is 0.175 e. The predicted molar refractivity (Wildman–Crippen MR) is 118 cm³/mol. The van der Waals surface area contributed by atoms with Crippen LogP contribution in [0.1, 0.15) is 65.5 Å². The quantitative estimate of drug-likeness (QED) is 0.288. The third kappa shape index (κ3) is 3.21. The van der Waals surface area contributed by atoms with Crippen LogP contribution in [0.2, 0.25) is 0 Å². The number of phenols is 1. The summed E-state index contributed by atoms with van der Waals surface area (Å²) in [6.45, 7) is 2.90. The lowest BCUT2D eigenvalue weighted by molar-refractivity contribution is -0.208. The van der Waals surface area contributed by atoms with Gasteiger partial charge in [-0.25, -0.2) is 0 Å². The van der Waals surface area contributed by atoms with Gasteiger partial charge in [-0.05, 0) is 13.8 Å². The van der Waals surface area contributed by atoms with Crippen molar-refractivity contribution >= 4 is 17.3 Å². The molecule has 1 heterocycles. The number of ketones is 3. The number of aliphatic hydroxyl groups is 5. The Kier molecular flexibility index (Phi) is 5.20. The van der Waals surface area contributed by atoms with Crippen molar-refractivity contribution in [2.45, 2.75) is 74.3 Å². The molecule has 0 radical (unpaired) electrons. The molecule has 5 rings (SSSR count). The summed E-state index contributed by atoms with van der Waals surface area (Å²) < 4.78 is 5.71. The lowest BCUT2D eigenvalue weighted by Gasteiger charge is -2.55. The van der Waals surface area contributed by atoms with Gasteiger partial charge in [-0.15, -0.1) is 0 Å². The van der Waals surface area contributed by atoms with Crippen LogP contribution < -0.4 is 0 Å². The standard InChI is InChI=1S/C25H28O10/c1-10-19(28)14(26)7-15(35-10)11-3-4-12-17(20(11)29)21(30)13-5-6-24(33)9-23(2,32)8-16(27)25(24,34)18(13)22(12)31/h3-6,10,13-15,18-19,26,28-29,32-34H,7-9H2,1-2H3/t10?,13?,14-,15-,18?,19?,23+,24+,25+/m1/s1. The largest absolute Gasteiger partial charge is 0.507 e. The van der Waals surface area contributed by atoms with Crippen LogP contribution in [0.5, 0.6) is 5.75 Å². The number of hydrogen-bond acceptors (Lipinski definition) is 10. The lowest BCUT2D eigenvalue weighted by atomic mass is 9.52. The number of allylic oxidation sites excluding steroid dienone is 1. The van der Waals surface area contributed by atoms with Gasteiger partial charge in [0.15, 0.2) is 23.0 Å². The Labute approximate surface area is 200 Å². The van der Waals surface area contributed by atoms with Crippen LogP contribution >= 0.6 is 0 Å². The number of aromatic hydroxyl groups is 1. The summed E-state index contributed by atoms with van der Waals surface area (Å²) in [6, 6.07) is 2.65. The van der Waals surface area contributed by atoms with E-state index in [0.717, 1.165) is 6.08 Å². The number of carbonyl (C=O) groups is 3. The summed E-state index contributed by atoms with van der Waals surface area (Å²) in [7, 11) is 0. The van der Waals surface area contributed by atoms with Gasteiger partial charge in [0.05, 0.1) is 41.3 Å². The summed E-state index contributed by atoms with van der Waals surface area (Å²) >= 11 is 0. The second kappa shape index (κ2) is 7.52. The van der Waals surface area contributed by atoms with Gasteiger partial charge in [-0.2, -0.15) is 0 Å². The number of Topliss-reactive ketones (excluding diaryl/α,β-unsaturated/α-hetero) is 3. The van der Waals surface area contributed by atoms with Gasteiger partial charge < -0.3 is 35.4 Å². The summed E-state index contributed by atoms with van der Waals surface area (Å²) in [4.78, 5) is 40.2. The molecule has 10 heteroatoms. The lowest BCUT2D eigenvalue weighted by Crippen LogP contribution is -2.73. The number of hydrogen-bond donors (Lipinski definition) is 6. The number of rotatable bonds is 1. The zero-order valence-corrected chi connectivity index (χ0v) is 19.2. The molecule has 6 N–H and O–H groups in total. The Hall–Kier alpha value is -2.47. The minimum absolute atomic E-state index is 0.0485. The van der Waals surface area contributed by atoms with Gasteiger partial charge in [-0.1, -0.05) is 24.3 Å². The summed E-state index contributed by atoms with van der Waals surface area (Å²) in [5.41, 5.74) is -6.85. The Bertz CT molecular complexity index is 1160. The Balaban J connectivity index is 1.60. The summed E-state index contributed by atoms with van der Waals surface area (Å²) in [5, 5.41) is 64.2. The highest BCUT2D eigenvalue weighted by Gasteiger charge is 2.69. The molecule has 1 saturated carbocycles. The minimum atomic E-state index is -2.63. The van der Waals surface area contributed by atoms with E-state index in [2.05, 4.69) is 0 Å². The first-order valence-corrected chi connectivity index (χ1v) is 11.6. The molecular formula is C25H28O10. The summed E-state index contributed by atoms with van der Waals surface area (Å²) in [5.74, 6) is -5.93. The maximum absolute atomic E-state index is 13.6. The normalized spacial score (nSPS) is 45.1. The molecule has 9 atom stereocenters. The molecule has 188 valence electrons. The van der Waals surface area contributed by atoms with E-state index in [4.69, 9.17) is 4.74 Å². The topological polar surface area (TPSA) is 182 Å². The maximum atomic E-state index is 13.6. The molecule has 1 aliphatic heterocycles. The van der Waals surface area contributed by atoms with Crippen molar-refractivity contribution in [1.82, 2.24) is 0 Å². The van der Waals surface area contributed by atoms with Crippen LogP contribution in [0.3, 0.4) is 0 Å². The molecule has 0 aromatic heterocycles. The Morgan fingerprint density at radius 3 is 2.40 bits per heavy atom. The average molecular weight is 488 g/mol. The van der Waals surface area contributed by atoms with Gasteiger partial charge in [0.1, 0.15) is 17.5 Å². The van der Waals surface area contributed by atoms with Crippen LogP contribution in [0.25, 0.3) is 0 Å². The first-order valence-electron chi connectivity index (χ1n) is 11.6. The molecule has 10 nitrogen and oxygen atoms in total. The van der Waals surface area contributed by atoms with Crippen LogP contribution in [-0.4, -0.2) is 83.1 Å². The molecular weight excluding hydrogens is 460 g/mol. The van der Waals surface area contributed by atoms with Crippen molar-refractivity contribution in [2.24, 2.45) is 11.8 Å². The number of aliphatic hydroxyl groups excluding tert-OH is 2. The van der Waals surface area contributed by atoms with Crippen molar-refractivity contribution in [2.75, 3.05) is 0 Å². The number of phenolic OH excluding ortho intramolecular Hbond substituents is 1. The van der Waals surface area contributed by atoms with E-state index in [1.165, 1.54) is 25.1 Å². The fraction of sp³-hybridized carbons (Fsp3) is 0.560. The van der Waals surface area contributed by atoms with E-state index in [0.29, 0.717) is 0 Å². The zero-order valence-electron chi connectivity index (χ0n) is 19.2. The molecule has 1 aromatic rings. The van der Waals surface area contributed by atoms with Crippen molar-refractivity contribution in [3.8, 4) is 5.75 Å². The van der Waals surface area contributed by atoms with Gasteiger partial charge in [0, 0.05) is 30.4 Å². The highest BCUT2D eigenvalue weighted by atomic mass is 16.5. The van der Waals surface area contributed by atoms with E-state index < -0.39 is 89.0 Å². The van der Waals surface area contributed by atoms with Gasteiger partial charge >= 0.3 is 0 Å². The van der Waals surface area contributed by atoms with Crippen LogP contribution in [0.4, 0.5) is 0 Å². The number of ether oxygens (including phenoxy) is 1. The highest BCUT2D eigenvalue weighted by Crippen LogP contribution is 2.54. The van der Waals surface area contributed by atoms with Crippen LogP contribution in [-0.2, 0) is 9.53 Å². The van der Waals surface area contributed by atoms with E-state index in [9.17, 15) is 45.0 Å². The van der Waals surface area contributed by atoms with Crippen molar-refractivity contribution in [3.05, 3.63) is 41.0 Å². The third-order valence-corrected chi connectivity index (χ3v) is 8.03. The second-order valence-electron chi connectivity index (χ2n) is 10.6. The van der Waals surface area contributed by atoms with Crippen molar-refractivity contribution < 1.29 is 49.8 Å². The molecule has 2 fully saturated rings. The fourth-order valence-electron chi connectivity index (χ4n) is 6.28. The van der Waals surface area contributed by atoms with Gasteiger partial charge in [-0.3, -0.25) is 14.4 Å². The molecule has 1 aromatic carbocycles. The summed E-state index contributed by atoms with van der Waals surface area (Å²) in [6.07, 6.45) is -2.48. The van der Waals surface area contributed by atoms with E-state index >= 15 is 0 Å². The van der Waals surface area contributed by atoms with E-state index in [1.54, 1.807) is 6.92 Å².